The number of nitrogens with zero attached hydrogens (tertiary/aromatic N) is 2. The van der Waals surface area contributed by atoms with Gasteiger partial charge in [0.1, 0.15) is 5.82 Å². The number of carbonyl (C=O) groups is 2. The first-order valence-electron chi connectivity index (χ1n) is 6.94. The van der Waals surface area contributed by atoms with E-state index in [1.807, 2.05) is 31.2 Å². The van der Waals surface area contributed by atoms with E-state index >= 15 is 0 Å². The topological polar surface area (TPSA) is 96.3 Å². The van der Waals surface area contributed by atoms with Crippen LogP contribution in [0.5, 0.6) is 0 Å². The number of halogens is 1. The summed E-state index contributed by atoms with van der Waals surface area (Å²) in [6.07, 6.45) is -0.128. The van der Waals surface area contributed by atoms with Crippen molar-refractivity contribution >= 4 is 33.7 Å². The van der Waals surface area contributed by atoms with Crippen molar-refractivity contribution in [3.63, 3.8) is 0 Å². The van der Waals surface area contributed by atoms with E-state index in [-0.39, 0.29) is 13.0 Å². The van der Waals surface area contributed by atoms with Crippen LogP contribution in [0.3, 0.4) is 0 Å². The van der Waals surface area contributed by atoms with Crippen LogP contribution < -0.4 is 10.6 Å². The van der Waals surface area contributed by atoms with Crippen molar-refractivity contribution in [2.24, 2.45) is 7.05 Å². The van der Waals surface area contributed by atoms with Gasteiger partial charge in [-0.15, -0.1) is 0 Å². The third kappa shape index (κ3) is 4.32. The number of aliphatic carboxylic acids is 1. The molecule has 0 bridgehead atoms. The predicted molar refractivity (Wildman–Crippen MR) is 90.4 cm³/mol. The molecule has 0 saturated carbocycles. The highest BCUT2D eigenvalue weighted by Crippen LogP contribution is 2.31. The van der Waals surface area contributed by atoms with Gasteiger partial charge in [0, 0.05) is 23.6 Å². The van der Waals surface area contributed by atoms with E-state index in [1.54, 1.807) is 11.7 Å². The second kappa shape index (κ2) is 7.28. The monoisotopic (exact) mass is 380 g/mol. The van der Waals surface area contributed by atoms with E-state index in [9.17, 15) is 9.59 Å². The van der Waals surface area contributed by atoms with E-state index in [2.05, 4.69) is 31.7 Å². The lowest BCUT2D eigenvalue weighted by Crippen LogP contribution is -2.31. The number of aromatic nitrogens is 2. The molecule has 8 heteroatoms. The summed E-state index contributed by atoms with van der Waals surface area (Å²) in [7, 11) is 1.74. The van der Waals surface area contributed by atoms with Crippen LogP contribution in [-0.4, -0.2) is 33.4 Å². The maximum Gasteiger partial charge on any atom is 0.320 e. The standard InChI is InChI=1S/C15H17BrN4O3/c1-9-13(10-3-5-11(16)6-4-10)14(20(2)19-9)18-15(23)17-8-7-12(21)22/h3-6H,7-8H2,1-2H3,(H,21,22)(H2,17,18,23). The molecule has 0 aliphatic rings. The lowest BCUT2D eigenvalue weighted by atomic mass is 10.1. The Kier molecular flexibility index (Phi) is 5.38. The Balaban J connectivity index is 2.20. The van der Waals surface area contributed by atoms with Crippen LogP contribution in [0, 0.1) is 6.92 Å². The van der Waals surface area contributed by atoms with Gasteiger partial charge < -0.3 is 10.4 Å². The lowest BCUT2D eigenvalue weighted by Gasteiger charge is -2.10. The molecule has 2 aromatic rings. The van der Waals surface area contributed by atoms with Gasteiger partial charge >= 0.3 is 12.0 Å². The molecule has 3 N–H and O–H groups in total. The lowest BCUT2D eigenvalue weighted by molar-refractivity contribution is -0.136. The van der Waals surface area contributed by atoms with Crippen molar-refractivity contribution in [1.29, 1.82) is 0 Å². The second-order valence-electron chi connectivity index (χ2n) is 4.96. The fourth-order valence-corrected chi connectivity index (χ4v) is 2.46. The zero-order valence-corrected chi connectivity index (χ0v) is 14.3. The minimum atomic E-state index is -0.961. The zero-order chi connectivity index (χ0) is 17.0. The molecule has 0 aliphatic heterocycles. The van der Waals surface area contributed by atoms with Gasteiger partial charge in [-0.2, -0.15) is 5.10 Å². The van der Waals surface area contributed by atoms with E-state index in [1.165, 1.54) is 0 Å². The molecule has 23 heavy (non-hydrogen) atoms. The summed E-state index contributed by atoms with van der Waals surface area (Å²) in [5, 5.41) is 18.2. The maximum atomic E-state index is 11.9. The van der Waals surface area contributed by atoms with E-state index in [0.29, 0.717) is 5.82 Å². The molecular weight excluding hydrogens is 364 g/mol. The first-order valence-corrected chi connectivity index (χ1v) is 7.74. The van der Waals surface area contributed by atoms with Crippen LogP contribution in [0.2, 0.25) is 0 Å². The number of rotatable bonds is 5. The van der Waals surface area contributed by atoms with Crippen molar-refractivity contribution in [1.82, 2.24) is 15.1 Å². The molecule has 1 aromatic heterocycles. The van der Waals surface area contributed by atoms with Gasteiger partial charge in [0.05, 0.1) is 12.1 Å². The molecule has 0 saturated heterocycles. The van der Waals surface area contributed by atoms with Crippen molar-refractivity contribution in [3.05, 3.63) is 34.4 Å². The normalized spacial score (nSPS) is 10.4. The Hall–Kier alpha value is -2.35. The Morgan fingerprint density at radius 3 is 2.57 bits per heavy atom. The van der Waals surface area contributed by atoms with Crippen LogP contribution >= 0.6 is 15.9 Å². The summed E-state index contributed by atoms with van der Waals surface area (Å²) in [6.45, 7) is 1.93. The van der Waals surface area contributed by atoms with Gasteiger partial charge in [0.2, 0.25) is 0 Å². The number of hydrogen-bond acceptors (Lipinski definition) is 3. The van der Waals surface area contributed by atoms with Gasteiger partial charge in [-0.3, -0.25) is 14.8 Å². The summed E-state index contributed by atoms with van der Waals surface area (Å²) >= 11 is 3.39. The van der Waals surface area contributed by atoms with E-state index < -0.39 is 12.0 Å². The molecule has 2 rings (SSSR count). The fourth-order valence-electron chi connectivity index (χ4n) is 2.20. The Morgan fingerprint density at radius 2 is 1.96 bits per heavy atom. The average Bonchev–Trinajstić information content (AvgIpc) is 2.74. The number of carbonyl (C=O) groups excluding carboxylic acids is 1. The van der Waals surface area contributed by atoms with Gasteiger partial charge in [0.25, 0.3) is 0 Å². The van der Waals surface area contributed by atoms with Crippen molar-refractivity contribution in [2.75, 3.05) is 11.9 Å². The number of nitrogens with one attached hydrogen (secondary N) is 2. The first kappa shape index (κ1) is 17.0. The fraction of sp³-hybridized carbons (Fsp3) is 0.267. The number of urea groups is 1. The number of carboxylic acid groups (broad SMARTS) is 1. The summed E-state index contributed by atoms with van der Waals surface area (Å²) in [6, 6.07) is 7.23. The van der Waals surface area contributed by atoms with Crippen LogP contribution in [-0.2, 0) is 11.8 Å². The van der Waals surface area contributed by atoms with Crippen LogP contribution in [0.15, 0.2) is 28.7 Å². The number of aryl methyl sites for hydroxylation is 2. The summed E-state index contributed by atoms with van der Waals surface area (Å²) in [5.41, 5.74) is 2.55. The molecule has 2 amide bonds. The minimum absolute atomic E-state index is 0.0611. The molecule has 0 unspecified atom stereocenters. The molecule has 0 radical (unpaired) electrons. The largest absolute Gasteiger partial charge is 0.481 e. The molecular formula is C15H17BrN4O3. The first-order chi connectivity index (χ1) is 10.9. The molecule has 1 aromatic carbocycles. The molecule has 0 aliphatic carbocycles. The Morgan fingerprint density at radius 1 is 1.30 bits per heavy atom. The molecule has 0 atom stereocenters. The van der Waals surface area contributed by atoms with Crippen LogP contribution in [0.4, 0.5) is 10.6 Å². The average molecular weight is 381 g/mol. The maximum absolute atomic E-state index is 11.9. The highest BCUT2D eigenvalue weighted by atomic mass is 79.9. The highest BCUT2D eigenvalue weighted by molar-refractivity contribution is 9.10. The second-order valence-corrected chi connectivity index (χ2v) is 5.88. The van der Waals surface area contributed by atoms with E-state index in [0.717, 1.165) is 21.3 Å². The zero-order valence-electron chi connectivity index (χ0n) is 12.8. The number of carboxylic acids is 1. The number of anilines is 1. The van der Waals surface area contributed by atoms with Gasteiger partial charge in [-0.05, 0) is 24.6 Å². The molecule has 122 valence electrons. The molecule has 0 spiro atoms. The van der Waals surface area contributed by atoms with Gasteiger partial charge in [-0.1, -0.05) is 28.1 Å². The summed E-state index contributed by atoms with van der Waals surface area (Å²) in [4.78, 5) is 22.4. The minimum Gasteiger partial charge on any atom is -0.481 e. The Bertz CT molecular complexity index is 725. The van der Waals surface area contributed by atoms with Crippen LogP contribution in [0.25, 0.3) is 11.1 Å². The summed E-state index contributed by atoms with van der Waals surface area (Å²) in [5.74, 6) is -0.408. The van der Waals surface area contributed by atoms with Crippen LogP contribution in [0.1, 0.15) is 12.1 Å². The number of benzene rings is 1. The third-order valence-corrected chi connectivity index (χ3v) is 3.74. The number of hydrogen-bond donors (Lipinski definition) is 3. The SMILES string of the molecule is Cc1nn(C)c(NC(=O)NCCC(=O)O)c1-c1ccc(Br)cc1. The quantitative estimate of drug-likeness (QED) is 0.742. The van der Waals surface area contributed by atoms with Gasteiger partial charge in [0.15, 0.2) is 0 Å². The van der Waals surface area contributed by atoms with Gasteiger partial charge in [-0.25, -0.2) is 4.79 Å². The number of amides is 2. The molecule has 7 nitrogen and oxygen atoms in total. The highest BCUT2D eigenvalue weighted by Gasteiger charge is 2.17. The van der Waals surface area contributed by atoms with Crippen molar-refractivity contribution in [2.45, 2.75) is 13.3 Å². The summed E-state index contributed by atoms with van der Waals surface area (Å²) < 4.78 is 2.55. The molecule has 0 fully saturated rings. The van der Waals surface area contributed by atoms with Crippen molar-refractivity contribution in [3.8, 4) is 11.1 Å². The Labute approximate surface area is 141 Å². The van der Waals surface area contributed by atoms with Crippen molar-refractivity contribution < 1.29 is 14.7 Å². The van der Waals surface area contributed by atoms with E-state index in [4.69, 9.17) is 5.11 Å². The third-order valence-electron chi connectivity index (χ3n) is 3.21. The smallest absolute Gasteiger partial charge is 0.320 e. The predicted octanol–water partition coefficient (Wildman–Crippen LogP) is 2.75. The molecule has 1 heterocycles.